The zero-order valence-corrected chi connectivity index (χ0v) is 9.98. The Morgan fingerprint density at radius 3 is 2.57 bits per heavy atom. The highest BCUT2D eigenvalue weighted by Gasteiger charge is 2.09. The molecule has 0 aliphatic carbocycles. The predicted molar refractivity (Wildman–Crippen MR) is 63.9 cm³/mol. The van der Waals surface area contributed by atoms with Gasteiger partial charge in [-0.15, -0.1) is 0 Å². The second-order valence-corrected chi connectivity index (χ2v) is 5.12. The zero-order valence-electron chi connectivity index (χ0n) is 8.40. The lowest BCUT2D eigenvalue weighted by Gasteiger charge is -2.14. The molecule has 0 radical (unpaired) electrons. The first-order valence-electron chi connectivity index (χ1n) is 4.64. The first-order chi connectivity index (χ1) is 6.61. The van der Waals surface area contributed by atoms with Gasteiger partial charge in [0.25, 0.3) is 0 Å². The molecule has 1 aromatic carbocycles. The van der Waals surface area contributed by atoms with Crippen LogP contribution < -0.4 is 0 Å². The summed E-state index contributed by atoms with van der Waals surface area (Å²) in [4.78, 5) is 0. The number of hydrogen-bond acceptors (Lipinski definition) is 2. The fraction of sp³-hybridized carbons (Fsp3) is 0.455. The maximum atomic E-state index is 9.31. The van der Waals surface area contributed by atoms with Gasteiger partial charge in [0.1, 0.15) is 0 Å². The van der Waals surface area contributed by atoms with Gasteiger partial charge in [0, 0.05) is 16.0 Å². The number of rotatable bonds is 4. The molecule has 0 saturated heterocycles. The summed E-state index contributed by atoms with van der Waals surface area (Å²) in [6.07, 6.45) is -0.275. The van der Waals surface area contributed by atoms with Crippen molar-refractivity contribution in [1.82, 2.24) is 0 Å². The van der Waals surface area contributed by atoms with Gasteiger partial charge in [0.2, 0.25) is 0 Å². The Labute approximate surface area is 94.5 Å². The van der Waals surface area contributed by atoms with Gasteiger partial charge in [-0.3, -0.25) is 0 Å². The van der Waals surface area contributed by atoms with Gasteiger partial charge in [0.15, 0.2) is 0 Å². The second kappa shape index (κ2) is 5.64. The molecular formula is C11H15ClOS. The van der Waals surface area contributed by atoms with Gasteiger partial charge in [-0.2, -0.15) is 11.8 Å². The van der Waals surface area contributed by atoms with Crippen molar-refractivity contribution >= 4 is 23.4 Å². The smallest absolute Gasteiger partial charge is 0.0628 e. The first-order valence-corrected chi connectivity index (χ1v) is 6.07. The maximum absolute atomic E-state index is 9.31. The molecule has 78 valence electrons. The molecule has 2 unspecified atom stereocenters. The maximum Gasteiger partial charge on any atom is 0.0628 e. The molecule has 0 aliphatic heterocycles. The van der Waals surface area contributed by atoms with Crippen LogP contribution in [0, 0.1) is 0 Å². The normalized spacial score (nSPS) is 15.1. The number of aliphatic hydroxyl groups is 1. The van der Waals surface area contributed by atoms with Crippen LogP contribution in [0.4, 0.5) is 0 Å². The van der Waals surface area contributed by atoms with Crippen LogP contribution in [0.5, 0.6) is 0 Å². The quantitative estimate of drug-likeness (QED) is 0.856. The van der Waals surface area contributed by atoms with Crippen LogP contribution in [0.1, 0.15) is 19.4 Å². The van der Waals surface area contributed by atoms with E-state index in [-0.39, 0.29) is 11.4 Å². The molecule has 0 heterocycles. The highest BCUT2D eigenvalue weighted by molar-refractivity contribution is 7.99. The summed E-state index contributed by atoms with van der Waals surface area (Å²) in [6, 6.07) is 7.82. The van der Waals surface area contributed by atoms with Gasteiger partial charge in [-0.25, -0.2) is 0 Å². The lowest BCUT2D eigenvalue weighted by atomic mass is 10.2. The van der Waals surface area contributed by atoms with Gasteiger partial charge in [-0.05, 0) is 18.6 Å². The summed E-state index contributed by atoms with van der Waals surface area (Å²) < 4.78 is 0. The van der Waals surface area contributed by atoms with Crippen LogP contribution in [0.3, 0.4) is 0 Å². The monoisotopic (exact) mass is 230 g/mol. The van der Waals surface area contributed by atoms with Gasteiger partial charge < -0.3 is 5.11 Å². The van der Waals surface area contributed by atoms with E-state index in [1.54, 1.807) is 11.8 Å². The van der Waals surface area contributed by atoms with E-state index in [1.807, 2.05) is 38.1 Å². The summed E-state index contributed by atoms with van der Waals surface area (Å²) in [6.45, 7) is 3.83. The highest BCUT2D eigenvalue weighted by atomic mass is 35.5. The van der Waals surface area contributed by atoms with E-state index in [1.165, 1.54) is 0 Å². The molecule has 1 N–H and O–H groups in total. The molecule has 0 aromatic heterocycles. The highest BCUT2D eigenvalue weighted by Crippen LogP contribution is 2.24. The van der Waals surface area contributed by atoms with E-state index in [0.29, 0.717) is 0 Å². The molecule has 0 bridgehead atoms. The fourth-order valence-corrected chi connectivity index (χ4v) is 2.23. The molecular weight excluding hydrogens is 216 g/mol. The SMILES string of the molecule is CC(O)C(C)SCc1ccccc1Cl. The lowest BCUT2D eigenvalue weighted by Crippen LogP contribution is -2.15. The molecule has 0 fully saturated rings. The molecule has 0 saturated carbocycles. The summed E-state index contributed by atoms with van der Waals surface area (Å²) in [5.74, 6) is 0.853. The average Bonchev–Trinajstić information content (AvgIpc) is 2.16. The van der Waals surface area contributed by atoms with Crippen molar-refractivity contribution in [2.75, 3.05) is 0 Å². The standard InChI is InChI=1S/C11H15ClOS/c1-8(13)9(2)14-7-10-5-3-4-6-11(10)12/h3-6,8-9,13H,7H2,1-2H3. The van der Waals surface area contributed by atoms with E-state index in [2.05, 4.69) is 0 Å². The number of hydrogen-bond donors (Lipinski definition) is 1. The van der Waals surface area contributed by atoms with Gasteiger partial charge in [-0.1, -0.05) is 36.7 Å². The fourth-order valence-electron chi connectivity index (χ4n) is 0.976. The summed E-state index contributed by atoms with van der Waals surface area (Å²) in [5.41, 5.74) is 1.13. The molecule has 14 heavy (non-hydrogen) atoms. The Morgan fingerprint density at radius 1 is 1.36 bits per heavy atom. The van der Waals surface area contributed by atoms with Gasteiger partial charge >= 0.3 is 0 Å². The second-order valence-electron chi connectivity index (χ2n) is 3.35. The van der Waals surface area contributed by atoms with E-state index < -0.39 is 0 Å². The summed E-state index contributed by atoms with van der Waals surface area (Å²) in [7, 11) is 0. The molecule has 0 spiro atoms. The van der Waals surface area contributed by atoms with E-state index in [0.717, 1.165) is 16.3 Å². The van der Waals surface area contributed by atoms with Crippen LogP contribution in [0.15, 0.2) is 24.3 Å². The van der Waals surface area contributed by atoms with Crippen molar-refractivity contribution in [2.45, 2.75) is 31.0 Å². The van der Waals surface area contributed by atoms with Crippen molar-refractivity contribution in [3.63, 3.8) is 0 Å². The van der Waals surface area contributed by atoms with E-state index in [9.17, 15) is 5.11 Å². The molecule has 3 heteroatoms. The molecule has 0 amide bonds. The minimum atomic E-state index is -0.275. The molecule has 2 atom stereocenters. The third-order valence-electron chi connectivity index (χ3n) is 2.14. The predicted octanol–water partition coefficient (Wildman–Crippen LogP) is 3.34. The number of benzene rings is 1. The number of aliphatic hydroxyl groups excluding tert-OH is 1. The Kier molecular flexibility index (Phi) is 4.79. The Balaban J connectivity index is 2.50. The first kappa shape index (κ1) is 11.9. The van der Waals surface area contributed by atoms with Crippen molar-refractivity contribution in [3.05, 3.63) is 34.9 Å². The van der Waals surface area contributed by atoms with Crippen LogP contribution in [0.25, 0.3) is 0 Å². The molecule has 0 aliphatic rings. The summed E-state index contributed by atoms with van der Waals surface area (Å²) in [5, 5.41) is 10.4. The largest absolute Gasteiger partial charge is 0.392 e. The molecule has 1 rings (SSSR count). The van der Waals surface area contributed by atoms with Crippen molar-refractivity contribution < 1.29 is 5.11 Å². The van der Waals surface area contributed by atoms with Crippen molar-refractivity contribution in [3.8, 4) is 0 Å². The Morgan fingerprint density at radius 2 is 2.00 bits per heavy atom. The number of halogens is 1. The van der Waals surface area contributed by atoms with Crippen LogP contribution in [-0.4, -0.2) is 16.5 Å². The Hall–Kier alpha value is -0.180. The average molecular weight is 231 g/mol. The van der Waals surface area contributed by atoms with Crippen LogP contribution in [0.2, 0.25) is 5.02 Å². The minimum Gasteiger partial charge on any atom is -0.392 e. The third kappa shape index (κ3) is 3.52. The van der Waals surface area contributed by atoms with Crippen LogP contribution in [-0.2, 0) is 5.75 Å². The Bertz CT molecular complexity index is 288. The van der Waals surface area contributed by atoms with Crippen molar-refractivity contribution in [2.24, 2.45) is 0 Å². The van der Waals surface area contributed by atoms with Gasteiger partial charge in [0.05, 0.1) is 6.10 Å². The van der Waals surface area contributed by atoms with E-state index in [4.69, 9.17) is 11.6 Å². The molecule has 1 aromatic rings. The third-order valence-corrected chi connectivity index (χ3v) is 3.90. The lowest BCUT2D eigenvalue weighted by molar-refractivity contribution is 0.196. The van der Waals surface area contributed by atoms with E-state index >= 15 is 0 Å². The van der Waals surface area contributed by atoms with Crippen LogP contribution >= 0.6 is 23.4 Å². The molecule has 1 nitrogen and oxygen atoms in total. The van der Waals surface area contributed by atoms with Crippen molar-refractivity contribution in [1.29, 1.82) is 0 Å². The zero-order chi connectivity index (χ0) is 10.6. The topological polar surface area (TPSA) is 20.2 Å². The number of thioether (sulfide) groups is 1. The summed E-state index contributed by atoms with van der Waals surface area (Å²) >= 11 is 7.73. The minimum absolute atomic E-state index is 0.242.